The standard InChI is InChI=1S/C9H9ClN2O2/c10-8-7(6-2-11-3-6)1-5(4-12-8)9(13)14/h1,4,6,11H,2-3H2,(H,13,14). The Morgan fingerprint density at radius 1 is 1.64 bits per heavy atom. The molecule has 0 radical (unpaired) electrons. The van der Waals surface area contributed by atoms with Crippen LogP contribution in [0.2, 0.25) is 5.15 Å². The minimum atomic E-state index is -0.970. The lowest BCUT2D eigenvalue weighted by Crippen LogP contribution is -2.40. The van der Waals surface area contributed by atoms with Crippen molar-refractivity contribution in [2.45, 2.75) is 5.92 Å². The largest absolute Gasteiger partial charge is 0.478 e. The van der Waals surface area contributed by atoms with Crippen LogP contribution in [-0.2, 0) is 0 Å². The second-order valence-electron chi connectivity index (χ2n) is 3.26. The summed E-state index contributed by atoms with van der Waals surface area (Å²) in [6.45, 7) is 1.68. The highest BCUT2D eigenvalue weighted by Crippen LogP contribution is 2.26. The molecule has 0 atom stereocenters. The van der Waals surface area contributed by atoms with E-state index in [1.807, 2.05) is 0 Å². The molecule has 4 nitrogen and oxygen atoms in total. The van der Waals surface area contributed by atoms with Gasteiger partial charge in [0, 0.05) is 25.2 Å². The van der Waals surface area contributed by atoms with Gasteiger partial charge in [-0.3, -0.25) is 0 Å². The molecule has 1 aliphatic rings. The van der Waals surface area contributed by atoms with Crippen molar-refractivity contribution >= 4 is 17.6 Å². The van der Waals surface area contributed by atoms with E-state index in [1.165, 1.54) is 6.20 Å². The lowest BCUT2D eigenvalue weighted by Gasteiger charge is -2.27. The van der Waals surface area contributed by atoms with Crippen LogP contribution >= 0.6 is 11.6 Å². The van der Waals surface area contributed by atoms with Crippen LogP contribution in [0.15, 0.2) is 12.3 Å². The van der Waals surface area contributed by atoms with Crippen LogP contribution < -0.4 is 5.32 Å². The van der Waals surface area contributed by atoms with Gasteiger partial charge in [0.15, 0.2) is 0 Å². The highest BCUT2D eigenvalue weighted by atomic mass is 35.5. The molecule has 74 valence electrons. The highest BCUT2D eigenvalue weighted by molar-refractivity contribution is 6.30. The Balaban J connectivity index is 2.36. The Kier molecular flexibility index (Phi) is 2.39. The smallest absolute Gasteiger partial charge is 0.337 e. The van der Waals surface area contributed by atoms with Gasteiger partial charge in [-0.05, 0) is 11.6 Å². The van der Waals surface area contributed by atoms with Gasteiger partial charge in [-0.2, -0.15) is 0 Å². The number of rotatable bonds is 2. The molecule has 0 unspecified atom stereocenters. The van der Waals surface area contributed by atoms with Crippen molar-refractivity contribution < 1.29 is 9.90 Å². The predicted molar refractivity (Wildman–Crippen MR) is 51.8 cm³/mol. The molecule has 14 heavy (non-hydrogen) atoms. The summed E-state index contributed by atoms with van der Waals surface area (Å²) in [5.41, 5.74) is 1.02. The van der Waals surface area contributed by atoms with Crippen LogP contribution in [0, 0.1) is 0 Å². The van der Waals surface area contributed by atoms with Crippen LogP contribution in [0.3, 0.4) is 0 Å². The zero-order chi connectivity index (χ0) is 10.1. The molecule has 0 amide bonds. The number of nitrogens with zero attached hydrogens (tertiary/aromatic N) is 1. The van der Waals surface area contributed by atoms with Gasteiger partial charge < -0.3 is 10.4 Å². The van der Waals surface area contributed by atoms with Crippen LogP contribution in [0.1, 0.15) is 21.8 Å². The quantitative estimate of drug-likeness (QED) is 0.722. The second-order valence-corrected chi connectivity index (χ2v) is 3.62. The fourth-order valence-corrected chi connectivity index (χ4v) is 1.63. The Morgan fingerprint density at radius 3 is 2.86 bits per heavy atom. The average molecular weight is 213 g/mol. The number of hydrogen-bond acceptors (Lipinski definition) is 3. The molecular weight excluding hydrogens is 204 g/mol. The van der Waals surface area contributed by atoms with E-state index < -0.39 is 5.97 Å². The van der Waals surface area contributed by atoms with Crippen molar-refractivity contribution in [1.29, 1.82) is 0 Å². The van der Waals surface area contributed by atoms with Crippen LogP contribution in [0.5, 0.6) is 0 Å². The maximum atomic E-state index is 10.7. The summed E-state index contributed by atoms with van der Waals surface area (Å²) in [5.74, 6) is -0.669. The number of halogens is 1. The van der Waals surface area contributed by atoms with E-state index in [-0.39, 0.29) is 5.56 Å². The zero-order valence-corrected chi connectivity index (χ0v) is 8.08. The average Bonchev–Trinajstić information content (AvgIpc) is 2.05. The van der Waals surface area contributed by atoms with E-state index >= 15 is 0 Å². The van der Waals surface area contributed by atoms with Gasteiger partial charge in [0.1, 0.15) is 5.15 Å². The molecule has 1 aliphatic heterocycles. The van der Waals surface area contributed by atoms with E-state index in [0.717, 1.165) is 18.7 Å². The molecule has 2 heterocycles. The third kappa shape index (κ3) is 1.58. The van der Waals surface area contributed by atoms with Gasteiger partial charge in [-0.15, -0.1) is 0 Å². The third-order valence-corrected chi connectivity index (χ3v) is 2.65. The Bertz CT molecular complexity index is 377. The third-order valence-electron chi connectivity index (χ3n) is 2.33. The first-order chi connectivity index (χ1) is 6.68. The SMILES string of the molecule is O=C(O)c1cnc(Cl)c(C2CNC2)c1. The minimum Gasteiger partial charge on any atom is -0.478 e. The number of nitrogens with one attached hydrogen (secondary N) is 1. The summed E-state index contributed by atoms with van der Waals surface area (Å²) < 4.78 is 0. The van der Waals surface area contributed by atoms with E-state index in [1.54, 1.807) is 6.07 Å². The molecule has 2 N–H and O–H groups in total. The summed E-state index contributed by atoms with van der Waals surface area (Å²) in [6.07, 6.45) is 1.28. The molecule has 0 bridgehead atoms. The van der Waals surface area contributed by atoms with Gasteiger partial charge in [-0.25, -0.2) is 9.78 Å². The molecule has 0 aliphatic carbocycles. The number of carboxylic acid groups (broad SMARTS) is 1. The first-order valence-corrected chi connectivity index (χ1v) is 4.65. The number of aromatic nitrogens is 1. The lowest BCUT2D eigenvalue weighted by molar-refractivity contribution is 0.0696. The molecular formula is C9H9ClN2O2. The van der Waals surface area contributed by atoms with Crippen molar-refractivity contribution in [3.05, 3.63) is 28.5 Å². The molecule has 5 heteroatoms. The van der Waals surface area contributed by atoms with Crippen LogP contribution in [0.25, 0.3) is 0 Å². The highest BCUT2D eigenvalue weighted by Gasteiger charge is 2.23. The molecule has 2 rings (SSSR count). The van der Waals surface area contributed by atoms with E-state index in [0.29, 0.717) is 11.1 Å². The molecule has 1 saturated heterocycles. The van der Waals surface area contributed by atoms with E-state index in [9.17, 15) is 4.79 Å². The van der Waals surface area contributed by atoms with E-state index in [4.69, 9.17) is 16.7 Å². The molecule has 1 fully saturated rings. The molecule has 0 saturated carbocycles. The Morgan fingerprint density at radius 2 is 2.36 bits per heavy atom. The van der Waals surface area contributed by atoms with Gasteiger partial charge in [-0.1, -0.05) is 11.6 Å². The first kappa shape index (κ1) is 9.43. The summed E-state index contributed by atoms with van der Waals surface area (Å²) in [6, 6.07) is 1.60. The second kappa shape index (κ2) is 3.55. The van der Waals surface area contributed by atoms with Crippen LogP contribution in [0.4, 0.5) is 0 Å². The summed E-state index contributed by atoms with van der Waals surface area (Å²) >= 11 is 5.88. The molecule has 0 aromatic carbocycles. The number of hydrogen-bond donors (Lipinski definition) is 2. The fraction of sp³-hybridized carbons (Fsp3) is 0.333. The maximum absolute atomic E-state index is 10.7. The Hall–Kier alpha value is -1.13. The molecule has 1 aromatic heterocycles. The van der Waals surface area contributed by atoms with Gasteiger partial charge in [0.25, 0.3) is 0 Å². The molecule has 1 aromatic rings. The topological polar surface area (TPSA) is 62.2 Å². The number of carboxylic acids is 1. The minimum absolute atomic E-state index is 0.191. The molecule has 0 spiro atoms. The monoisotopic (exact) mass is 212 g/mol. The van der Waals surface area contributed by atoms with Crippen LogP contribution in [-0.4, -0.2) is 29.1 Å². The normalized spacial score (nSPS) is 16.4. The number of aromatic carboxylic acids is 1. The Labute approximate surface area is 85.9 Å². The fourth-order valence-electron chi connectivity index (χ4n) is 1.38. The van der Waals surface area contributed by atoms with Crippen molar-refractivity contribution in [3.8, 4) is 0 Å². The van der Waals surface area contributed by atoms with E-state index in [2.05, 4.69) is 10.3 Å². The maximum Gasteiger partial charge on any atom is 0.337 e. The lowest BCUT2D eigenvalue weighted by atomic mass is 9.94. The van der Waals surface area contributed by atoms with Crippen molar-refractivity contribution in [1.82, 2.24) is 10.3 Å². The van der Waals surface area contributed by atoms with Gasteiger partial charge >= 0.3 is 5.97 Å². The van der Waals surface area contributed by atoms with Gasteiger partial charge in [0.2, 0.25) is 0 Å². The summed E-state index contributed by atoms with van der Waals surface area (Å²) in [5, 5.41) is 12.3. The van der Waals surface area contributed by atoms with Crippen molar-refractivity contribution in [2.24, 2.45) is 0 Å². The van der Waals surface area contributed by atoms with Crippen molar-refractivity contribution in [3.63, 3.8) is 0 Å². The number of carbonyl (C=O) groups is 1. The predicted octanol–water partition coefficient (Wildman–Crippen LogP) is 1.12. The van der Waals surface area contributed by atoms with Crippen molar-refractivity contribution in [2.75, 3.05) is 13.1 Å². The van der Waals surface area contributed by atoms with Gasteiger partial charge in [0.05, 0.1) is 5.56 Å². The first-order valence-electron chi connectivity index (χ1n) is 4.28. The zero-order valence-electron chi connectivity index (χ0n) is 7.33. The summed E-state index contributed by atoms with van der Waals surface area (Å²) in [7, 11) is 0. The number of pyridine rings is 1. The summed E-state index contributed by atoms with van der Waals surface area (Å²) in [4.78, 5) is 14.6.